The Bertz CT molecular complexity index is 240. The molecule has 0 bridgehead atoms. The summed E-state index contributed by atoms with van der Waals surface area (Å²) in [7, 11) is 2.00. The lowest BCUT2D eigenvalue weighted by Gasteiger charge is -2.02. The van der Waals surface area contributed by atoms with E-state index >= 15 is 0 Å². The van der Waals surface area contributed by atoms with Crippen molar-refractivity contribution < 1.29 is 0 Å². The Kier molecular flexibility index (Phi) is 3.54. The van der Waals surface area contributed by atoms with Crippen LogP contribution in [0.3, 0.4) is 0 Å². The van der Waals surface area contributed by atoms with E-state index in [1.54, 1.807) is 0 Å². The van der Waals surface area contributed by atoms with E-state index in [0.29, 0.717) is 0 Å². The molecule has 1 aromatic heterocycles. The van der Waals surface area contributed by atoms with Gasteiger partial charge in [-0.05, 0) is 13.0 Å². The molecule has 3 nitrogen and oxygen atoms in total. The minimum atomic E-state index is 0.831. The molecule has 0 aliphatic carbocycles. The third-order valence-electron chi connectivity index (χ3n) is 1.73. The largest absolute Gasteiger partial charge is 0.337 e. The van der Waals surface area contributed by atoms with Gasteiger partial charge in [0.2, 0.25) is 0 Å². The smallest absolute Gasteiger partial charge is 0.122 e. The Balaban J connectivity index is 2.24. The third kappa shape index (κ3) is 2.51. The van der Waals surface area contributed by atoms with Crippen LogP contribution in [-0.2, 0) is 13.6 Å². The molecular weight excluding hydrogens is 150 g/mol. The van der Waals surface area contributed by atoms with Crippen LogP contribution >= 0.6 is 0 Å². The molecule has 1 aromatic rings. The Morgan fingerprint density at radius 2 is 2.58 bits per heavy atom. The van der Waals surface area contributed by atoms with E-state index in [-0.39, 0.29) is 0 Å². The van der Waals surface area contributed by atoms with Crippen LogP contribution in [0.5, 0.6) is 0 Å². The lowest BCUT2D eigenvalue weighted by atomic mass is 10.4. The van der Waals surface area contributed by atoms with Gasteiger partial charge < -0.3 is 9.88 Å². The summed E-state index contributed by atoms with van der Waals surface area (Å²) in [6.45, 7) is 5.45. The molecule has 0 saturated heterocycles. The minimum absolute atomic E-state index is 0.831. The van der Waals surface area contributed by atoms with Crippen LogP contribution in [0.25, 0.3) is 0 Å². The molecule has 0 spiro atoms. The summed E-state index contributed by atoms with van der Waals surface area (Å²) in [5.41, 5.74) is 0. The lowest BCUT2D eigenvalue weighted by molar-refractivity contribution is 0.643. The highest BCUT2D eigenvalue weighted by Crippen LogP contribution is 1.92. The summed E-state index contributed by atoms with van der Waals surface area (Å²) in [6, 6.07) is 0. The van der Waals surface area contributed by atoms with Crippen LogP contribution in [0.15, 0.2) is 25.0 Å². The van der Waals surface area contributed by atoms with E-state index in [1.165, 1.54) is 0 Å². The average molecular weight is 165 g/mol. The quantitative estimate of drug-likeness (QED) is 0.523. The highest BCUT2D eigenvalue weighted by molar-refractivity contribution is 4.90. The zero-order valence-electron chi connectivity index (χ0n) is 7.45. The molecule has 1 rings (SSSR count). The summed E-state index contributed by atoms with van der Waals surface area (Å²) < 4.78 is 2.01. The van der Waals surface area contributed by atoms with Crippen molar-refractivity contribution in [2.75, 3.05) is 6.54 Å². The van der Waals surface area contributed by atoms with Gasteiger partial charge in [0.1, 0.15) is 5.82 Å². The molecular formula is C9H15N3. The molecule has 66 valence electrons. The number of rotatable bonds is 5. The van der Waals surface area contributed by atoms with Gasteiger partial charge in [0.05, 0.1) is 6.54 Å². The molecule has 3 heteroatoms. The van der Waals surface area contributed by atoms with Gasteiger partial charge in [-0.1, -0.05) is 6.08 Å². The molecule has 0 aliphatic rings. The van der Waals surface area contributed by atoms with Gasteiger partial charge in [-0.25, -0.2) is 4.98 Å². The average Bonchev–Trinajstić information content (AvgIpc) is 2.46. The van der Waals surface area contributed by atoms with E-state index in [4.69, 9.17) is 0 Å². The van der Waals surface area contributed by atoms with Gasteiger partial charge in [-0.3, -0.25) is 0 Å². The van der Waals surface area contributed by atoms with E-state index in [2.05, 4.69) is 16.9 Å². The van der Waals surface area contributed by atoms with Crippen LogP contribution in [0, 0.1) is 0 Å². The monoisotopic (exact) mass is 165 g/mol. The van der Waals surface area contributed by atoms with Gasteiger partial charge in [0, 0.05) is 19.4 Å². The first-order valence-corrected chi connectivity index (χ1v) is 4.12. The molecule has 0 atom stereocenters. The van der Waals surface area contributed by atoms with Crippen molar-refractivity contribution in [1.29, 1.82) is 0 Å². The first-order chi connectivity index (χ1) is 5.84. The zero-order valence-corrected chi connectivity index (χ0v) is 7.45. The van der Waals surface area contributed by atoms with Crippen LogP contribution in [0.2, 0.25) is 0 Å². The molecule has 0 amide bonds. The highest BCUT2D eigenvalue weighted by Gasteiger charge is 1.95. The zero-order chi connectivity index (χ0) is 8.81. The van der Waals surface area contributed by atoms with Crippen molar-refractivity contribution in [2.24, 2.45) is 7.05 Å². The Labute approximate surface area is 73.1 Å². The standard InChI is InChI=1S/C9H15N3/c1-3-4-5-10-8-9-11-6-7-12(9)2/h3,6-7,10H,1,4-5,8H2,2H3. The first-order valence-electron chi connectivity index (χ1n) is 4.12. The second-order valence-corrected chi connectivity index (χ2v) is 2.71. The molecule has 1 heterocycles. The van der Waals surface area contributed by atoms with Crippen molar-refractivity contribution in [3.63, 3.8) is 0 Å². The first kappa shape index (κ1) is 9.00. The Morgan fingerprint density at radius 3 is 3.17 bits per heavy atom. The van der Waals surface area contributed by atoms with Gasteiger partial charge in [-0.2, -0.15) is 0 Å². The van der Waals surface area contributed by atoms with Crippen molar-refractivity contribution in [2.45, 2.75) is 13.0 Å². The van der Waals surface area contributed by atoms with Crippen molar-refractivity contribution in [1.82, 2.24) is 14.9 Å². The minimum Gasteiger partial charge on any atom is -0.337 e. The third-order valence-corrected chi connectivity index (χ3v) is 1.73. The molecule has 0 aliphatic heterocycles. The number of nitrogens with one attached hydrogen (secondary N) is 1. The summed E-state index contributed by atoms with van der Waals surface area (Å²) in [4.78, 5) is 4.19. The lowest BCUT2D eigenvalue weighted by Crippen LogP contribution is -2.16. The Morgan fingerprint density at radius 1 is 1.75 bits per heavy atom. The molecule has 12 heavy (non-hydrogen) atoms. The molecule has 0 aromatic carbocycles. The van der Waals surface area contributed by atoms with E-state index < -0.39 is 0 Å². The van der Waals surface area contributed by atoms with Gasteiger partial charge in [0.25, 0.3) is 0 Å². The van der Waals surface area contributed by atoms with Gasteiger partial charge in [-0.15, -0.1) is 6.58 Å². The second kappa shape index (κ2) is 4.72. The molecule has 0 saturated carbocycles. The van der Waals surface area contributed by atoms with E-state index in [0.717, 1.165) is 25.3 Å². The predicted molar refractivity (Wildman–Crippen MR) is 49.7 cm³/mol. The summed E-state index contributed by atoms with van der Waals surface area (Å²) in [6.07, 6.45) is 6.67. The number of imidazole rings is 1. The maximum absolute atomic E-state index is 4.19. The van der Waals surface area contributed by atoms with E-state index in [1.807, 2.05) is 30.1 Å². The number of hydrogen-bond donors (Lipinski definition) is 1. The molecule has 0 radical (unpaired) electrons. The molecule has 0 unspecified atom stereocenters. The summed E-state index contributed by atoms with van der Waals surface area (Å²) in [5.74, 6) is 1.07. The topological polar surface area (TPSA) is 29.9 Å². The van der Waals surface area contributed by atoms with Crippen molar-refractivity contribution >= 4 is 0 Å². The van der Waals surface area contributed by atoms with Crippen LogP contribution in [0.1, 0.15) is 12.2 Å². The van der Waals surface area contributed by atoms with Crippen LogP contribution in [0.4, 0.5) is 0 Å². The van der Waals surface area contributed by atoms with Gasteiger partial charge >= 0.3 is 0 Å². The van der Waals surface area contributed by atoms with E-state index in [9.17, 15) is 0 Å². The van der Waals surface area contributed by atoms with Crippen molar-refractivity contribution in [3.05, 3.63) is 30.9 Å². The predicted octanol–water partition coefficient (Wildman–Crippen LogP) is 1.09. The molecule has 0 fully saturated rings. The fraction of sp³-hybridized carbons (Fsp3) is 0.444. The Hall–Kier alpha value is -1.09. The van der Waals surface area contributed by atoms with Crippen molar-refractivity contribution in [3.8, 4) is 0 Å². The van der Waals surface area contributed by atoms with Crippen LogP contribution < -0.4 is 5.32 Å². The number of hydrogen-bond acceptors (Lipinski definition) is 2. The van der Waals surface area contributed by atoms with Crippen LogP contribution in [-0.4, -0.2) is 16.1 Å². The number of aryl methyl sites for hydroxylation is 1. The number of nitrogens with zero attached hydrogens (tertiary/aromatic N) is 2. The summed E-state index contributed by atoms with van der Waals surface area (Å²) in [5, 5.41) is 3.27. The normalized spacial score (nSPS) is 10.1. The fourth-order valence-electron chi connectivity index (χ4n) is 0.971. The van der Waals surface area contributed by atoms with Gasteiger partial charge in [0.15, 0.2) is 0 Å². The summed E-state index contributed by atoms with van der Waals surface area (Å²) >= 11 is 0. The highest BCUT2D eigenvalue weighted by atomic mass is 15.1. The maximum atomic E-state index is 4.19. The fourth-order valence-corrected chi connectivity index (χ4v) is 0.971. The number of aromatic nitrogens is 2. The maximum Gasteiger partial charge on any atom is 0.122 e. The second-order valence-electron chi connectivity index (χ2n) is 2.71. The molecule has 1 N–H and O–H groups in total. The SMILES string of the molecule is C=CCCNCc1nccn1C.